The number of likely N-dealkylation sites (N-methyl/N-ethyl adjacent to an activating group) is 1. The number of nitrogens with zero attached hydrogens (tertiary/aromatic N) is 2. The number of aromatic amines is 1. The second-order valence-electron chi connectivity index (χ2n) is 6.01. The van der Waals surface area contributed by atoms with Crippen molar-refractivity contribution in [2.75, 3.05) is 18.9 Å². The number of benzene rings is 1. The van der Waals surface area contributed by atoms with Gasteiger partial charge in [0.2, 0.25) is 11.8 Å². The minimum Gasteiger partial charge on any atom is -0.344 e. The molecule has 1 aromatic heterocycles. The molecule has 0 saturated carbocycles. The number of hydrogen-bond donors (Lipinski definition) is 2. The van der Waals surface area contributed by atoms with Gasteiger partial charge < -0.3 is 10.2 Å². The number of carbonyl (C=O) groups excluding carboxylic acids is 2. The molecule has 0 spiro atoms. The second-order valence-corrected chi connectivity index (χ2v) is 6.42. The van der Waals surface area contributed by atoms with Gasteiger partial charge in [0.25, 0.3) is 0 Å². The van der Waals surface area contributed by atoms with E-state index < -0.39 is 35.4 Å². The van der Waals surface area contributed by atoms with Crippen molar-refractivity contribution in [1.82, 2.24) is 15.1 Å². The summed E-state index contributed by atoms with van der Waals surface area (Å²) in [6.07, 6.45) is -4.45. The SMILES string of the molecule is CN1C[C@@H](c2ccc(C(F)(F)F)cc2)[C@H](C(=O)Nc2cc(Cl)[nH]n2)C1=O. The van der Waals surface area contributed by atoms with E-state index in [1.54, 1.807) is 0 Å². The van der Waals surface area contributed by atoms with Gasteiger partial charge in [-0.25, -0.2) is 0 Å². The molecule has 138 valence electrons. The molecule has 2 atom stereocenters. The summed E-state index contributed by atoms with van der Waals surface area (Å²) in [5.74, 6) is -2.47. The van der Waals surface area contributed by atoms with Crippen LogP contribution in [0.2, 0.25) is 5.15 Å². The minimum atomic E-state index is -4.45. The van der Waals surface area contributed by atoms with Gasteiger partial charge >= 0.3 is 6.18 Å². The Balaban J connectivity index is 1.85. The summed E-state index contributed by atoms with van der Waals surface area (Å²) in [5, 5.41) is 8.93. The number of alkyl halides is 3. The van der Waals surface area contributed by atoms with E-state index in [0.29, 0.717) is 5.56 Å². The van der Waals surface area contributed by atoms with Crippen molar-refractivity contribution in [3.63, 3.8) is 0 Å². The summed E-state index contributed by atoms with van der Waals surface area (Å²) in [6, 6.07) is 5.87. The van der Waals surface area contributed by atoms with Gasteiger partial charge in [-0.05, 0) is 17.7 Å². The average Bonchev–Trinajstić information content (AvgIpc) is 3.10. The fraction of sp³-hybridized carbons (Fsp3) is 0.312. The predicted molar refractivity (Wildman–Crippen MR) is 87.5 cm³/mol. The molecule has 2 N–H and O–H groups in total. The number of hydrogen-bond acceptors (Lipinski definition) is 3. The van der Waals surface area contributed by atoms with E-state index in [9.17, 15) is 22.8 Å². The molecule has 0 bridgehead atoms. The highest BCUT2D eigenvalue weighted by molar-refractivity contribution is 6.29. The molecule has 1 aromatic carbocycles. The van der Waals surface area contributed by atoms with Crippen LogP contribution in [0.5, 0.6) is 0 Å². The third kappa shape index (κ3) is 3.52. The lowest BCUT2D eigenvalue weighted by Gasteiger charge is -2.17. The molecular formula is C16H14ClF3N4O2. The molecule has 26 heavy (non-hydrogen) atoms. The molecule has 10 heteroatoms. The number of anilines is 1. The maximum Gasteiger partial charge on any atom is 0.416 e. The largest absolute Gasteiger partial charge is 0.416 e. The molecule has 1 aliphatic heterocycles. The lowest BCUT2D eigenvalue weighted by atomic mass is 9.87. The number of aromatic nitrogens is 2. The van der Waals surface area contributed by atoms with Gasteiger partial charge in [0, 0.05) is 25.6 Å². The highest BCUT2D eigenvalue weighted by atomic mass is 35.5. The Morgan fingerprint density at radius 1 is 1.35 bits per heavy atom. The van der Waals surface area contributed by atoms with Crippen LogP contribution >= 0.6 is 11.6 Å². The first-order valence-corrected chi connectivity index (χ1v) is 7.98. The topological polar surface area (TPSA) is 78.1 Å². The molecule has 6 nitrogen and oxygen atoms in total. The Morgan fingerprint density at radius 2 is 2.00 bits per heavy atom. The van der Waals surface area contributed by atoms with E-state index in [2.05, 4.69) is 15.5 Å². The minimum absolute atomic E-state index is 0.161. The number of halogens is 4. The van der Waals surface area contributed by atoms with E-state index in [0.717, 1.165) is 12.1 Å². The van der Waals surface area contributed by atoms with Crippen LogP contribution in [0, 0.1) is 5.92 Å². The van der Waals surface area contributed by atoms with Crippen LogP contribution < -0.4 is 5.32 Å². The average molecular weight is 387 g/mol. The number of carbonyl (C=O) groups is 2. The lowest BCUT2D eigenvalue weighted by Crippen LogP contribution is -2.32. The summed E-state index contributed by atoms with van der Waals surface area (Å²) < 4.78 is 38.2. The number of amides is 2. The van der Waals surface area contributed by atoms with Crippen LogP contribution in [0.15, 0.2) is 30.3 Å². The zero-order valence-corrected chi connectivity index (χ0v) is 14.2. The van der Waals surface area contributed by atoms with Crippen molar-refractivity contribution < 1.29 is 22.8 Å². The Labute approximate surface area is 151 Å². The smallest absolute Gasteiger partial charge is 0.344 e. The molecule has 1 saturated heterocycles. The van der Waals surface area contributed by atoms with E-state index >= 15 is 0 Å². The second kappa shape index (κ2) is 6.64. The summed E-state index contributed by atoms with van der Waals surface area (Å²) in [7, 11) is 1.54. The van der Waals surface area contributed by atoms with Crippen molar-refractivity contribution >= 4 is 29.2 Å². The van der Waals surface area contributed by atoms with Gasteiger partial charge in [-0.3, -0.25) is 14.7 Å². The first kappa shape index (κ1) is 18.2. The molecule has 0 radical (unpaired) electrons. The maximum absolute atomic E-state index is 12.7. The Hall–Kier alpha value is -2.55. The van der Waals surface area contributed by atoms with Crippen molar-refractivity contribution in [3.8, 4) is 0 Å². The maximum atomic E-state index is 12.7. The summed E-state index contributed by atoms with van der Waals surface area (Å²) in [4.78, 5) is 26.3. The summed E-state index contributed by atoms with van der Waals surface area (Å²) in [6.45, 7) is 0.226. The Kier molecular flexibility index (Phi) is 4.66. The van der Waals surface area contributed by atoms with Crippen molar-refractivity contribution in [2.45, 2.75) is 12.1 Å². The summed E-state index contributed by atoms with van der Waals surface area (Å²) in [5.41, 5.74) is -0.304. The van der Waals surface area contributed by atoms with Crippen LogP contribution in [0.25, 0.3) is 0 Å². The van der Waals surface area contributed by atoms with Crippen molar-refractivity contribution in [1.29, 1.82) is 0 Å². The van der Waals surface area contributed by atoms with Gasteiger partial charge in [0.15, 0.2) is 5.82 Å². The fourth-order valence-corrected chi connectivity index (χ4v) is 3.12. The van der Waals surface area contributed by atoms with Crippen LogP contribution in [0.3, 0.4) is 0 Å². The number of likely N-dealkylation sites (tertiary alicyclic amines) is 1. The zero-order valence-electron chi connectivity index (χ0n) is 13.5. The lowest BCUT2D eigenvalue weighted by molar-refractivity contribution is -0.138. The monoisotopic (exact) mass is 386 g/mol. The molecule has 1 aliphatic rings. The third-order valence-electron chi connectivity index (χ3n) is 4.26. The highest BCUT2D eigenvalue weighted by Crippen LogP contribution is 2.36. The van der Waals surface area contributed by atoms with Gasteiger partial charge in [0.1, 0.15) is 11.1 Å². The Morgan fingerprint density at radius 3 is 2.54 bits per heavy atom. The third-order valence-corrected chi connectivity index (χ3v) is 4.46. The fourth-order valence-electron chi connectivity index (χ4n) is 2.98. The van der Waals surface area contributed by atoms with E-state index in [-0.39, 0.29) is 17.5 Å². The van der Waals surface area contributed by atoms with Gasteiger partial charge in [0.05, 0.1) is 5.56 Å². The first-order chi connectivity index (χ1) is 12.2. The zero-order chi connectivity index (χ0) is 19.1. The van der Waals surface area contributed by atoms with Crippen LogP contribution in [-0.4, -0.2) is 40.5 Å². The van der Waals surface area contributed by atoms with E-state index in [1.165, 1.54) is 30.1 Å². The molecule has 2 heterocycles. The van der Waals surface area contributed by atoms with Crippen molar-refractivity contribution in [2.24, 2.45) is 5.92 Å². The van der Waals surface area contributed by atoms with Gasteiger partial charge in [-0.15, -0.1) is 0 Å². The van der Waals surface area contributed by atoms with Crippen LogP contribution in [0.1, 0.15) is 17.0 Å². The molecule has 3 rings (SSSR count). The van der Waals surface area contributed by atoms with E-state index in [1.807, 2.05) is 0 Å². The number of H-pyrrole nitrogens is 1. The normalized spacial score (nSPS) is 20.5. The molecule has 1 fully saturated rings. The van der Waals surface area contributed by atoms with Gasteiger partial charge in [-0.1, -0.05) is 23.7 Å². The predicted octanol–water partition coefficient (Wildman–Crippen LogP) is 2.89. The standard InChI is InChI=1S/C16H14ClF3N4O2/c1-24-7-10(8-2-4-9(5-3-8)16(18,19)20)13(15(24)26)14(25)21-12-6-11(17)22-23-12/h2-6,10,13H,7H2,1H3,(H2,21,22,23,25)/t10-,13+/m0/s1. The molecule has 0 aliphatic carbocycles. The molecule has 2 aromatic rings. The highest BCUT2D eigenvalue weighted by Gasteiger charge is 2.44. The van der Waals surface area contributed by atoms with Crippen LogP contribution in [-0.2, 0) is 15.8 Å². The first-order valence-electron chi connectivity index (χ1n) is 7.60. The number of rotatable bonds is 3. The van der Waals surface area contributed by atoms with E-state index in [4.69, 9.17) is 11.6 Å². The molecule has 0 unspecified atom stereocenters. The van der Waals surface area contributed by atoms with Gasteiger partial charge in [-0.2, -0.15) is 18.3 Å². The summed E-state index contributed by atoms with van der Waals surface area (Å²) >= 11 is 5.70. The molecule has 2 amide bonds. The molecular weight excluding hydrogens is 373 g/mol. The Bertz CT molecular complexity index is 835. The van der Waals surface area contributed by atoms with Crippen LogP contribution in [0.4, 0.5) is 19.0 Å². The quantitative estimate of drug-likeness (QED) is 0.796. The van der Waals surface area contributed by atoms with Crippen molar-refractivity contribution in [3.05, 3.63) is 46.6 Å². The number of nitrogens with one attached hydrogen (secondary N) is 2.